The van der Waals surface area contributed by atoms with Gasteiger partial charge in [0.05, 0.1) is 17.9 Å². The monoisotopic (exact) mass is 224 g/mol. The Morgan fingerprint density at radius 2 is 2.19 bits per heavy atom. The van der Waals surface area contributed by atoms with Gasteiger partial charge in [-0.05, 0) is 25.8 Å². The summed E-state index contributed by atoms with van der Waals surface area (Å²) in [6, 6.07) is 0.372. The number of hydrogen-bond donors (Lipinski definition) is 1. The smallest absolute Gasteiger partial charge is 0.0756 e. The van der Waals surface area contributed by atoms with Gasteiger partial charge >= 0.3 is 0 Å². The molecule has 2 atom stereocenters. The van der Waals surface area contributed by atoms with E-state index < -0.39 is 0 Å². The van der Waals surface area contributed by atoms with Gasteiger partial charge in [0.25, 0.3) is 0 Å². The summed E-state index contributed by atoms with van der Waals surface area (Å²) >= 11 is 0. The maximum atomic E-state index is 4.13. The Balaban J connectivity index is 2.73. The summed E-state index contributed by atoms with van der Waals surface area (Å²) in [7, 11) is 2.01. The van der Waals surface area contributed by atoms with Crippen LogP contribution in [0.1, 0.15) is 51.8 Å². The Labute approximate surface area is 98.4 Å². The average Bonchev–Trinajstić information content (AvgIpc) is 2.74. The third-order valence-corrected chi connectivity index (χ3v) is 3.12. The lowest BCUT2D eigenvalue weighted by Crippen LogP contribution is -2.22. The van der Waals surface area contributed by atoms with Crippen molar-refractivity contribution in [3.63, 3.8) is 0 Å². The molecule has 0 saturated carbocycles. The molecule has 1 aromatic rings. The molecule has 0 aliphatic rings. The summed E-state index contributed by atoms with van der Waals surface area (Å²) < 4.78 is 2.02. The van der Waals surface area contributed by atoms with E-state index in [2.05, 4.69) is 36.4 Å². The van der Waals surface area contributed by atoms with E-state index >= 15 is 0 Å². The van der Waals surface area contributed by atoms with E-state index in [1.165, 1.54) is 12.1 Å². The molecule has 0 bridgehead atoms. The Morgan fingerprint density at radius 3 is 2.75 bits per heavy atom. The SMILES string of the molecule is CCCn1nncc1C(CC(C)CC)NC. The highest BCUT2D eigenvalue weighted by molar-refractivity contribution is 5.02. The van der Waals surface area contributed by atoms with E-state index in [1.807, 2.05) is 17.9 Å². The number of nitrogens with zero attached hydrogens (tertiary/aromatic N) is 3. The lowest BCUT2D eigenvalue weighted by molar-refractivity contribution is 0.396. The van der Waals surface area contributed by atoms with Crippen LogP contribution in [0.3, 0.4) is 0 Å². The van der Waals surface area contributed by atoms with Crippen molar-refractivity contribution in [1.29, 1.82) is 0 Å². The van der Waals surface area contributed by atoms with Gasteiger partial charge < -0.3 is 5.32 Å². The number of rotatable bonds is 7. The van der Waals surface area contributed by atoms with Gasteiger partial charge in [-0.25, -0.2) is 4.68 Å². The first-order valence-electron chi connectivity index (χ1n) is 6.28. The van der Waals surface area contributed by atoms with Crippen molar-refractivity contribution < 1.29 is 0 Å². The summed E-state index contributed by atoms with van der Waals surface area (Å²) in [4.78, 5) is 0. The molecule has 1 rings (SSSR count). The second-order valence-corrected chi connectivity index (χ2v) is 4.47. The van der Waals surface area contributed by atoms with Crippen molar-refractivity contribution in [2.75, 3.05) is 7.05 Å². The fourth-order valence-electron chi connectivity index (χ4n) is 1.88. The molecule has 0 spiro atoms. The summed E-state index contributed by atoms with van der Waals surface area (Å²) in [6.07, 6.45) is 5.34. The predicted octanol–water partition coefficient (Wildman–Crippen LogP) is 2.38. The molecule has 0 aromatic carbocycles. The van der Waals surface area contributed by atoms with Crippen molar-refractivity contribution in [1.82, 2.24) is 20.3 Å². The second kappa shape index (κ2) is 6.63. The molecular weight excluding hydrogens is 200 g/mol. The summed E-state index contributed by atoms with van der Waals surface area (Å²) in [6.45, 7) is 7.64. The van der Waals surface area contributed by atoms with Crippen molar-refractivity contribution in [2.24, 2.45) is 5.92 Å². The molecule has 0 saturated heterocycles. The minimum Gasteiger partial charge on any atom is -0.312 e. The van der Waals surface area contributed by atoms with E-state index in [0.29, 0.717) is 6.04 Å². The van der Waals surface area contributed by atoms with E-state index in [0.717, 1.165) is 25.3 Å². The van der Waals surface area contributed by atoms with E-state index in [-0.39, 0.29) is 0 Å². The van der Waals surface area contributed by atoms with Gasteiger partial charge in [-0.1, -0.05) is 32.4 Å². The topological polar surface area (TPSA) is 42.7 Å². The zero-order valence-corrected chi connectivity index (χ0v) is 10.9. The van der Waals surface area contributed by atoms with Crippen LogP contribution in [0.25, 0.3) is 0 Å². The highest BCUT2D eigenvalue weighted by atomic mass is 15.4. The standard InChI is InChI=1S/C12H24N4/c1-5-7-16-12(9-14-15-16)11(13-4)8-10(3)6-2/h9-11,13H,5-8H2,1-4H3. The fraction of sp³-hybridized carbons (Fsp3) is 0.833. The fourth-order valence-corrected chi connectivity index (χ4v) is 1.88. The Hall–Kier alpha value is -0.900. The van der Waals surface area contributed by atoms with Crippen LogP contribution in [0.15, 0.2) is 6.20 Å². The highest BCUT2D eigenvalue weighted by Crippen LogP contribution is 2.21. The van der Waals surface area contributed by atoms with Crippen LogP contribution < -0.4 is 5.32 Å². The molecule has 1 N–H and O–H groups in total. The van der Waals surface area contributed by atoms with Gasteiger partial charge in [-0.2, -0.15) is 0 Å². The largest absolute Gasteiger partial charge is 0.312 e. The lowest BCUT2D eigenvalue weighted by Gasteiger charge is -2.20. The molecule has 0 amide bonds. The normalized spacial score (nSPS) is 15.0. The average molecular weight is 224 g/mol. The van der Waals surface area contributed by atoms with Crippen molar-refractivity contribution in [3.8, 4) is 0 Å². The van der Waals surface area contributed by atoms with Crippen LogP contribution in [-0.4, -0.2) is 22.0 Å². The molecule has 2 unspecified atom stereocenters. The first-order valence-corrected chi connectivity index (χ1v) is 6.28. The van der Waals surface area contributed by atoms with Gasteiger partial charge in [0.2, 0.25) is 0 Å². The number of aryl methyl sites for hydroxylation is 1. The van der Waals surface area contributed by atoms with Crippen LogP contribution in [0.2, 0.25) is 0 Å². The van der Waals surface area contributed by atoms with Crippen LogP contribution in [0.4, 0.5) is 0 Å². The quantitative estimate of drug-likeness (QED) is 0.773. The molecule has 0 aliphatic heterocycles. The maximum Gasteiger partial charge on any atom is 0.0756 e. The van der Waals surface area contributed by atoms with Gasteiger partial charge in [-0.3, -0.25) is 0 Å². The molecule has 0 fully saturated rings. The zero-order chi connectivity index (χ0) is 12.0. The summed E-state index contributed by atoms with van der Waals surface area (Å²) in [5.74, 6) is 0.724. The van der Waals surface area contributed by atoms with Gasteiger partial charge in [0.15, 0.2) is 0 Å². The predicted molar refractivity (Wildman–Crippen MR) is 66.2 cm³/mol. The molecule has 4 nitrogen and oxygen atoms in total. The first-order chi connectivity index (χ1) is 7.72. The van der Waals surface area contributed by atoms with E-state index in [9.17, 15) is 0 Å². The van der Waals surface area contributed by atoms with E-state index in [4.69, 9.17) is 0 Å². The Morgan fingerprint density at radius 1 is 1.44 bits per heavy atom. The van der Waals surface area contributed by atoms with Crippen molar-refractivity contribution in [2.45, 2.75) is 52.6 Å². The molecule has 1 heterocycles. The Kier molecular flexibility index (Phi) is 5.46. The first kappa shape index (κ1) is 13.2. The van der Waals surface area contributed by atoms with Crippen molar-refractivity contribution >= 4 is 0 Å². The Bertz CT molecular complexity index is 295. The highest BCUT2D eigenvalue weighted by Gasteiger charge is 2.17. The molecule has 92 valence electrons. The zero-order valence-electron chi connectivity index (χ0n) is 10.9. The minimum absolute atomic E-state index is 0.372. The van der Waals surface area contributed by atoms with Crippen molar-refractivity contribution in [3.05, 3.63) is 11.9 Å². The number of aromatic nitrogens is 3. The number of hydrogen-bond acceptors (Lipinski definition) is 3. The molecular formula is C12H24N4. The molecule has 0 aliphatic carbocycles. The third-order valence-electron chi connectivity index (χ3n) is 3.12. The number of nitrogens with one attached hydrogen (secondary N) is 1. The van der Waals surface area contributed by atoms with Gasteiger partial charge in [0.1, 0.15) is 0 Å². The van der Waals surface area contributed by atoms with Crippen LogP contribution in [0, 0.1) is 5.92 Å². The van der Waals surface area contributed by atoms with E-state index in [1.54, 1.807) is 0 Å². The molecule has 16 heavy (non-hydrogen) atoms. The molecule has 1 aromatic heterocycles. The van der Waals surface area contributed by atoms with Gasteiger partial charge in [0, 0.05) is 6.54 Å². The third kappa shape index (κ3) is 3.30. The van der Waals surface area contributed by atoms with Crippen LogP contribution >= 0.6 is 0 Å². The second-order valence-electron chi connectivity index (χ2n) is 4.47. The maximum absolute atomic E-state index is 4.13. The molecule has 0 radical (unpaired) electrons. The molecule has 4 heteroatoms. The van der Waals surface area contributed by atoms with Gasteiger partial charge in [-0.15, -0.1) is 5.10 Å². The summed E-state index contributed by atoms with van der Waals surface area (Å²) in [5.41, 5.74) is 1.21. The minimum atomic E-state index is 0.372. The lowest BCUT2D eigenvalue weighted by atomic mass is 9.97. The summed E-state index contributed by atoms with van der Waals surface area (Å²) in [5, 5.41) is 11.5. The van der Waals surface area contributed by atoms with Crippen LogP contribution in [-0.2, 0) is 6.54 Å². The van der Waals surface area contributed by atoms with Crippen LogP contribution in [0.5, 0.6) is 0 Å².